The fourth-order valence-corrected chi connectivity index (χ4v) is 1.03. The molecule has 3 nitrogen and oxygen atoms in total. The second-order valence-corrected chi connectivity index (χ2v) is 3.00. The number of carbonyl (C=O) groups is 1. The van der Waals surface area contributed by atoms with Gasteiger partial charge in [0, 0.05) is 5.70 Å². The van der Waals surface area contributed by atoms with Gasteiger partial charge in [-0.3, -0.25) is 4.99 Å². The molecule has 1 rings (SSSR count). The van der Waals surface area contributed by atoms with Crippen LogP contribution in [0, 0.1) is 0 Å². The van der Waals surface area contributed by atoms with Crippen molar-refractivity contribution in [1.29, 1.82) is 0 Å². The summed E-state index contributed by atoms with van der Waals surface area (Å²) in [6, 6.07) is 0. The molecule has 0 saturated heterocycles. The predicted octanol–water partition coefficient (Wildman–Crippen LogP) is 2.10. The van der Waals surface area contributed by atoms with E-state index in [4.69, 9.17) is 5.11 Å². The first kappa shape index (κ1) is 10.2. The van der Waals surface area contributed by atoms with Crippen molar-refractivity contribution in [1.82, 2.24) is 0 Å². The third-order valence-electron chi connectivity index (χ3n) is 1.64. The van der Waals surface area contributed by atoms with E-state index in [1.165, 1.54) is 12.2 Å². The highest BCUT2D eigenvalue weighted by atomic mass is 16.4. The summed E-state index contributed by atoms with van der Waals surface area (Å²) in [6.45, 7) is 9.13. The summed E-state index contributed by atoms with van der Waals surface area (Å²) < 4.78 is 0. The number of nitrogens with zero attached hydrogens (tertiary/aromatic N) is 1. The van der Waals surface area contributed by atoms with Crippen LogP contribution in [0.15, 0.2) is 53.2 Å². The molecule has 0 aromatic rings. The fourth-order valence-electron chi connectivity index (χ4n) is 1.03. The maximum Gasteiger partial charge on any atom is 0.335 e. The molecule has 1 N–H and O–H groups in total. The Bertz CT molecular complexity index is 398. The number of carboxylic acids is 1. The molecule has 0 amide bonds. The molecule has 0 bridgehead atoms. The number of allylic oxidation sites excluding steroid dienone is 4. The van der Waals surface area contributed by atoms with Crippen LogP contribution in [0.2, 0.25) is 0 Å². The van der Waals surface area contributed by atoms with Crippen molar-refractivity contribution in [2.45, 2.75) is 6.92 Å². The lowest BCUT2D eigenvalue weighted by molar-refractivity contribution is -0.132. The average Bonchev–Trinajstić information content (AvgIpc) is 2.07. The monoisotopic (exact) mass is 189 g/mol. The molecule has 3 heteroatoms. The maximum atomic E-state index is 10.6. The Hall–Kier alpha value is -1.90. The Morgan fingerprint density at radius 3 is 2.57 bits per heavy atom. The van der Waals surface area contributed by atoms with Gasteiger partial charge in [-0.15, -0.1) is 0 Å². The summed E-state index contributed by atoms with van der Waals surface area (Å²) in [5.74, 6) is -0.961. The van der Waals surface area contributed by atoms with Gasteiger partial charge in [0.1, 0.15) is 0 Å². The van der Waals surface area contributed by atoms with Crippen LogP contribution in [-0.4, -0.2) is 16.8 Å². The molecular formula is C11H11NO2. The Kier molecular flexibility index (Phi) is 2.82. The summed E-state index contributed by atoms with van der Waals surface area (Å²) in [5.41, 5.74) is 2.13. The van der Waals surface area contributed by atoms with E-state index in [0.717, 1.165) is 0 Å². The SMILES string of the molecule is C=C(C)N=C1C=CC(C(=O)O)=CC1=C. The zero-order valence-electron chi connectivity index (χ0n) is 7.95. The molecule has 0 heterocycles. The van der Waals surface area contributed by atoms with E-state index < -0.39 is 5.97 Å². The van der Waals surface area contributed by atoms with E-state index in [-0.39, 0.29) is 5.57 Å². The fraction of sp³-hybridized carbons (Fsp3) is 0.0909. The maximum absolute atomic E-state index is 10.6. The second-order valence-electron chi connectivity index (χ2n) is 3.00. The Morgan fingerprint density at radius 2 is 2.14 bits per heavy atom. The van der Waals surface area contributed by atoms with Gasteiger partial charge in [0.05, 0.1) is 11.3 Å². The van der Waals surface area contributed by atoms with E-state index >= 15 is 0 Å². The number of rotatable bonds is 2. The summed E-state index contributed by atoms with van der Waals surface area (Å²) >= 11 is 0. The third kappa shape index (κ3) is 2.29. The van der Waals surface area contributed by atoms with Crippen molar-refractivity contribution < 1.29 is 9.90 Å². The van der Waals surface area contributed by atoms with Gasteiger partial charge in [0.2, 0.25) is 0 Å². The first-order chi connectivity index (χ1) is 6.50. The number of aliphatic imine (C=N–C) groups is 1. The molecule has 0 atom stereocenters. The molecule has 0 fully saturated rings. The normalized spacial score (nSPS) is 18.2. The van der Waals surface area contributed by atoms with Crippen LogP contribution in [0.3, 0.4) is 0 Å². The molecule has 0 radical (unpaired) electrons. The number of aliphatic carboxylic acids is 1. The molecule has 0 spiro atoms. The summed E-state index contributed by atoms with van der Waals surface area (Å²) in [6.07, 6.45) is 4.61. The van der Waals surface area contributed by atoms with Crippen LogP contribution in [0.1, 0.15) is 6.92 Å². The van der Waals surface area contributed by atoms with Crippen LogP contribution in [0.25, 0.3) is 0 Å². The van der Waals surface area contributed by atoms with Crippen LogP contribution < -0.4 is 0 Å². The van der Waals surface area contributed by atoms with E-state index in [0.29, 0.717) is 17.0 Å². The van der Waals surface area contributed by atoms with Crippen molar-refractivity contribution in [2.75, 3.05) is 0 Å². The summed E-state index contributed by atoms with van der Waals surface area (Å²) in [7, 11) is 0. The van der Waals surface area contributed by atoms with E-state index in [1.807, 2.05) is 0 Å². The van der Waals surface area contributed by atoms with E-state index in [9.17, 15) is 4.79 Å². The highest BCUT2D eigenvalue weighted by Gasteiger charge is 2.11. The lowest BCUT2D eigenvalue weighted by Gasteiger charge is -2.07. The van der Waals surface area contributed by atoms with Crippen LogP contribution in [0.5, 0.6) is 0 Å². The molecule has 14 heavy (non-hydrogen) atoms. The molecule has 1 aliphatic rings. The zero-order chi connectivity index (χ0) is 10.7. The van der Waals surface area contributed by atoms with Gasteiger partial charge in [-0.05, 0) is 30.7 Å². The van der Waals surface area contributed by atoms with Crippen molar-refractivity contribution in [2.24, 2.45) is 4.99 Å². The number of carboxylic acid groups (broad SMARTS) is 1. The molecule has 0 aromatic heterocycles. The minimum absolute atomic E-state index is 0.218. The van der Waals surface area contributed by atoms with Gasteiger partial charge in [-0.2, -0.15) is 0 Å². The van der Waals surface area contributed by atoms with Gasteiger partial charge >= 0.3 is 5.97 Å². The number of hydrogen-bond donors (Lipinski definition) is 1. The quantitative estimate of drug-likeness (QED) is 0.723. The molecule has 0 unspecified atom stereocenters. The molecule has 1 aliphatic carbocycles. The van der Waals surface area contributed by atoms with E-state index in [1.54, 1.807) is 13.0 Å². The summed E-state index contributed by atoms with van der Waals surface area (Å²) in [5, 5.41) is 8.71. The van der Waals surface area contributed by atoms with Crippen molar-refractivity contribution >= 4 is 11.7 Å². The Morgan fingerprint density at radius 1 is 1.50 bits per heavy atom. The largest absolute Gasteiger partial charge is 0.478 e. The predicted molar refractivity (Wildman–Crippen MR) is 56.2 cm³/mol. The van der Waals surface area contributed by atoms with Crippen LogP contribution in [0.4, 0.5) is 0 Å². The van der Waals surface area contributed by atoms with Crippen LogP contribution in [-0.2, 0) is 4.79 Å². The van der Waals surface area contributed by atoms with Crippen molar-refractivity contribution in [3.8, 4) is 0 Å². The highest BCUT2D eigenvalue weighted by Crippen LogP contribution is 2.13. The number of hydrogen-bond acceptors (Lipinski definition) is 2. The third-order valence-corrected chi connectivity index (χ3v) is 1.64. The molecule has 0 aromatic carbocycles. The molecule has 72 valence electrons. The van der Waals surface area contributed by atoms with E-state index in [2.05, 4.69) is 18.2 Å². The minimum atomic E-state index is -0.961. The van der Waals surface area contributed by atoms with Gasteiger partial charge in [-0.1, -0.05) is 13.2 Å². The smallest absolute Gasteiger partial charge is 0.335 e. The van der Waals surface area contributed by atoms with Gasteiger partial charge in [0.15, 0.2) is 0 Å². The van der Waals surface area contributed by atoms with Crippen LogP contribution >= 0.6 is 0 Å². The van der Waals surface area contributed by atoms with Gasteiger partial charge in [-0.25, -0.2) is 4.79 Å². The lowest BCUT2D eigenvalue weighted by atomic mass is 10.0. The Labute approximate surface area is 82.5 Å². The molecular weight excluding hydrogens is 178 g/mol. The molecule has 0 saturated carbocycles. The average molecular weight is 189 g/mol. The molecule has 0 aliphatic heterocycles. The second kappa shape index (κ2) is 3.87. The minimum Gasteiger partial charge on any atom is -0.478 e. The standard InChI is InChI=1S/C11H11NO2/c1-7(2)12-10-5-4-9(11(13)14)6-8(10)3/h4-6H,1,3H2,2H3,(H,13,14). The summed E-state index contributed by atoms with van der Waals surface area (Å²) in [4.78, 5) is 14.7. The van der Waals surface area contributed by atoms with Crippen molar-refractivity contribution in [3.05, 3.63) is 48.2 Å². The zero-order valence-corrected chi connectivity index (χ0v) is 7.95. The first-order valence-electron chi connectivity index (χ1n) is 4.07. The van der Waals surface area contributed by atoms with Gasteiger partial charge in [0.25, 0.3) is 0 Å². The van der Waals surface area contributed by atoms with Gasteiger partial charge < -0.3 is 5.11 Å². The first-order valence-corrected chi connectivity index (χ1v) is 4.07. The lowest BCUT2D eigenvalue weighted by Crippen LogP contribution is -2.07. The topological polar surface area (TPSA) is 49.7 Å². The highest BCUT2D eigenvalue weighted by molar-refractivity contribution is 6.14. The van der Waals surface area contributed by atoms with Crippen molar-refractivity contribution in [3.63, 3.8) is 0 Å². The Balaban J connectivity index is 2.98.